The first-order valence-corrected chi connectivity index (χ1v) is 7.20. The molecule has 0 aromatic carbocycles. The van der Waals surface area contributed by atoms with Crippen molar-refractivity contribution in [2.45, 2.75) is 19.9 Å². The number of nitriles is 1. The van der Waals surface area contributed by atoms with Gasteiger partial charge in [0.2, 0.25) is 0 Å². The number of hydrogen-bond donors (Lipinski definition) is 0. The lowest BCUT2D eigenvalue weighted by molar-refractivity contribution is 0.137. The predicted octanol–water partition coefficient (Wildman–Crippen LogP) is 1.82. The van der Waals surface area contributed by atoms with Crippen molar-refractivity contribution in [3.63, 3.8) is 0 Å². The third kappa shape index (κ3) is 3.66. The maximum Gasteiger partial charge on any atom is 0.101 e. The molecular weight excluding hydrogens is 248 g/mol. The minimum absolute atomic E-state index is 0.718. The molecule has 0 aliphatic carbocycles. The first kappa shape index (κ1) is 14.7. The van der Waals surface area contributed by atoms with E-state index in [4.69, 9.17) is 5.26 Å². The van der Waals surface area contributed by atoms with Crippen LogP contribution >= 0.6 is 0 Å². The van der Waals surface area contributed by atoms with Crippen LogP contribution in [0.25, 0.3) is 0 Å². The fraction of sp³-hybridized carbons (Fsp3) is 0.500. The van der Waals surface area contributed by atoms with Crippen LogP contribution in [0.4, 0.5) is 0 Å². The second-order valence-electron chi connectivity index (χ2n) is 5.17. The van der Waals surface area contributed by atoms with Gasteiger partial charge >= 0.3 is 0 Å². The number of aryl methyl sites for hydroxylation is 1. The Balaban J connectivity index is 1.94. The zero-order chi connectivity index (χ0) is 14.4. The maximum atomic E-state index is 9.15. The molecule has 1 fully saturated rings. The van der Waals surface area contributed by atoms with Crippen molar-refractivity contribution in [2.75, 3.05) is 32.7 Å². The van der Waals surface area contributed by atoms with Gasteiger partial charge in [-0.3, -0.25) is 14.8 Å². The molecule has 2 rings (SSSR count). The van der Waals surface area contributed by atoms with E-state index in [2.05, 4.69) is 27.4 Å². The van der Waals surface area contributed by atoms with Crippen molar-refractivity contribution in [3.8, 4) is 6.07 Å². The largest absolute Gasteiger partial charge is 0.297 e. The summed E-state index contributed by atoms with van der Waals surface area (Å²) in [6.45, 7) is 11.9. The highest BCUT2D eigenvalue weighted by Crippen LogP contribution is 2.12. The van der Waals surface area contributed by atoms with Crippen molar-refractivity contribution in [2.24, 2.45) is 0 Å². The molecule has 20 heavy (non-hydrogen) atoms. The van der Waals surface area contributed by atoms with Crippen LogP contribution in [0.1, 0.15) is 23.7 Å². The van der Waals surface area contributed by atoms with Crippen molar-refractivity contribution >= 4 is 0 Å². The maximum absolute atomic E-state index is 9.15. The highest BCUT2D eigenvalue weighted by Gasteiger charge is 2.16. The molecule has 4 heteroatoms. The van der Waals surface area contributed by atoms with Gasteiger partial charge in [-0.05, 0) is 18.1 Å². The van der Waals surface area contributed by atoms with Gasteiger partial charge in [0.05, 0.1) is 11.3 Å². The second-order valence-corrected chi connectivity index (χ2v) is 5.17. The van der Waals surface area contributed by atoms with Gasteiger partial charge in [0.25, 0.3) is 0 Å². The molecule has 0 spiro atoms. The standard InChI is InChI=1S/C16H22N4/c1-3-5-19-6-8-20(9-7-19)13-14-10-15(11-17)16(4-2)18-12-14/h3,10,12H,1,4-9,13H2,2H3. The van der Waals surface area contributed by atoms with Gasteiger partial charge in [0, 0.05) is 45.5 Å². The van der Waals surface area contributed by atoms with Gasteiger partial charge in [0.15, 0.2) is 0 Å². The van der Waals surface area contributed by atoms with Gasteiger partial charge < -0.3 is 0 Å². The SMILES string of the molecule is C=CCN1CCN(Cc2cnc(CC)c(C#N)c2)CC1. The molecule has 1 aliphatic heterocycles. The van der Waals surface area contributed by atoms with Crippen LogP contribution in [0.15, 0.2) is 24.9 Å². The lowest BCUT2D eigenvalue weighted by Crippen LogP contribution is -2.45. The summed E-state index contributed by atoms with van der Waals surface area (Å²) in [5.41, 5.74) is 2.75. The molecular formula is C16H22N4. The zero-order valence-corrected chi connectivity index (χ0v) is 12.2. The molecule has 0 saturated carbocycles. The number of rotatable bonds is 5. The van der Waals surface area contributed by atoms with E-state index in [0.29, 0.717) is 0 Å². The third-order valence-electron chi connectivity index (χ3n) is 3.74. The van der Waals surface area contributed by atoms with Gasteiger partial charge in [0.1, 0.15) is 6.07 Å². The van der Waals surface area contributed by atoms with Gasteiger partial charge in [-0.2, -0.15) is 5.26 Å². The molecule has 0 atom stereocenters. The minimum atomic E-state index is 0.718. The second kappa shape index (κ2) is 7.18. The van der Waals surface area contributed by atoms with Crippen LogP contribution in [-0.4, -0.2) is 47.5 Å². The average Bonchev–Trinajstić information content (AvgIpc) is 2.49. The number of piperazine rings is 1. The molecule has 0 amide bonds. The fourth-order valence-corrected chi connectivity index (χ4v) is 2.57. The summed E-state index contributed by atoms with van der Waals surface area (Å²) in [6.07, 6.45) is 4.68. The van der Waals surface area contributed by atoms with Crippen LogP contribution in [-0.2, 0) is 13.0 Å². The zero-order valence-electron chi connectivity index (χ0n) is 12.2. The van der Waals surface area contributed by atoms with Gasteiger partial charge in [-0.15, -0.1) is 6.58 Å². The van der Waals surface area contributed by atoms with E-state index in [1.807, 2.05) is 25.3 Å². The normalized spacial score (nSPS) is 16.8. The number of hydrogen-bond acceptors (Lipinski definition) is 4. The highest BCUT2D eigenvalue weighted by atomic mass is 15.3. The molecule has 1 aromatic rings. The lowest BCUT2D eigenvalue weighted by Gasteiger charge is -2.34. The van der Waals surface area contributed by atoms with Crippen molar-refractivity contribution in [3.05, 3.63) is 41.7 Å². The van der Waals surface area contributed by atoms with Crippen molar-refractivity contribution < 1.29 is 0 Å². The Morgan fingerprint density at radius 2 is 2.05 bits per heavy atom. The monoisotopic (exact) mass is 270 g/mol. The molecule has 1 saturated heterocycles. The van der Waals surface area contributed by atoms with E-state index in [1.165, 1.54) is 0 Å². The summed E-state index contributed by atoms with van der Waals surface area (Å²) in [5.74, 6) is 0. The number of nitrogens with zero attached hydrogens (tertiary/aromatic N) is 4. The Morgan fingerprint density at radius 3 is 2.65 bits per heavy atom. The summed E-state index contributed by atoms with van der Waals surface area (Å²) < 4.78 is 0. The van der Waals surface area contributed by atoms with E-state index < -0.39 is 0 Å². The molecule has 4 nitrogen and oxygen atoms in total. The van der Waals surface area contributed by atoms with E-state index in [0.717, 1.165) is 62.5 Å². The van der Waals surface area contributed by atoms with E-state index in [-0.39, 0.29) is 0 Å². The first-order chi connectivity index (χ1) is 9.76. The first-order valence-electron chi connectivity index (χ1n) is 7.20. The van der Waals surface area contributed by atoms with E-state index in [1.54, 1.807) is 0 Å². The van der Waals surface area contributed by atoms with Crippen molar-refractivity contribution in [1.29, 1.82) is 5.26 Å². The summed E-state index contributed by atoms with van der Waals surface area (Å²) in [7, 11) is 0. The van der Waals surface area contributed by atoms with Crippen LogP contribution in [0.5, 0.6) is 0 Å². The Bertz CT molecular complexity index is 496. The van der Waals surface area contributed by atoms with Crippen LogP contribution in [0, 0.1) is 11.3 Å². The van der Waals surface area contributed by atoms with Crippen LogP contribution < -0.4 is 0 Å². The summed E-state index contributed by atoms with van der Waals surface area (Å²) >= 11 is 0. The Kier molecular flexibility index (Phi) is 5.28. The molecule has 0 N–H and O–H groups in total. The summed E-state index contributed by atoms with van der Waals surface area (Å²) in [4.78, 5) is 9.23. The Labute approximate surface area is 121 Å². The molecule has 2 heterocycles. The van der Waals surface area contributed by atoms with Crippen LogP contribution in [0.2, 0.25) is 0 Å². The lowest BCUT2D eigenvalue weighted by atomic mass is 10.1. The topological polar surface area (TPSA) is 43.2 Å². The number of pyridine rings is 1. The average molecular weight is 270 g/mol. The smallest absolute Gasteiger partial charge is 0.101 e. The number of aromatic nitrogens is 1. The molecule has 0 bridgehead atoms. The van der Waals surface area contributed by atoms with E-state index in [9.17, 15) is 0 Å². The molecule has 106 valence electrons. The van der Waals surface area contributed by atoms with Crippen molar-refractivity contribution in [1.82, 2.24) is 14.8 Å². The highest BCUT2D eigenvalue weighted by molar-refractivity contribution is 5.35. The summed E-state index contributed by atoms with van der Waals surface area (Å²) in [6, 6.07) is 4.24. The van der Waals surface area contributed by atoms with E-state index >= 15 is 0 Å². The minimum Gasteiger partial charge on any atom is -0.297 e. The molecule has 1 aliphatic rings. The molecule has 0 radical (unpaired) electrons. The van der Waals surface area contributed by atoms with Gasteiger partial charge in [-0.25, -0.2) is 0 Å². The van der Waals surface area contributed by atoms with Crippen LogP contribution in [0.3, 0.4) is 0 Å². The molecule has 1 aromatic heterocycles. The molecule has 0 unspecified atom stereocenters. The third-order valence-corrected chi connectivity index (χ3v) is 3.74. The Hall–Kier alpha value is -1.70. The summed E-state index contributed by atoms with van der Waals surface area (Å²) in [5, 5.41) is 9.15. The Morgan fingerprint density at radius 1 is 1.35 bits per heavy atom. The predicted molar refractivity (Wildman–Crippen MR) is 80.2 cm³/mol. The quantitative estimate of drug-likeness (QED) is 0.766. The van der Waals surface area contributed by atoms with Gasteiger partial charge in [-0.1, -0.05) is 13.0 Å². The fourth-order valence-electron chi connectivity index (χ4n) is 2.57.